The Kier molecular flexibility index (Phi) is 3.71. The van der Waals surface area contributed by atoms with Crippen molar-refractivity contribution in [1.29, 1.82) is 0 Å². The Hall–Kier alpha value is -2.62. The minimum absolute atomic E-state index is 0.0427. The lowest BCUT2D eigenvalue weighted by molar-refractivity contribution is 0.0997. The van der Waals surface area contributed by atoms with Crippen molar-refractivity contribution in [3.63, 3.8) is 0 Å². The van der Waals surface area contributed by atoms with Gasteiger partial charge in [-0.15, -0.1) is 0 Å². The third-order valence-corrected chi connectivity index (χ3v) is 4.99. The van der Waals surface area contributed by atoms with Crippen molar-refractivity contribution in [2.24, 2.45) is 10.9 Å². The first-order valence-corrected chi connectivity index (χ1v) is 8.44. The van der Waals surface area contributed by atoms with Gasteiger partial charge in [0.1, 0.15) is 15.7 Å². The molecule has 8 nitrogen and oxygen atoms in total. The number of nitrogens with one attached hydrogen (secondary N) is 1. The number of carbonyl (C=O) groups is 1. The Morgan fingerprint density at radius 2 is 2.00 bits per heavy atom. The van der Waals surface area contributed by atoms with Crippen LogP contribution in [0.4, 0.5) is 0 Å². The molecule has 0 aliphatic carbocycles. The lowest BCUT2D eigenvalue weighted by atomic mass is 9.99. The van der Waals surface area contributed by atoms with E-state index in [1.54, 1.807) is 18.2 Å². The number of primary sulfonamides is 1. The van der Waals surface area contributed by atoms with Crippen molar-refractivity contribution in [1.82, 2.24) is 10.2 Å². The van der Waals surface area contributed by atoms with Gasteiger partial charge < -0.3 is 10.8 Å². The van der Waals surface area contributed by atoms with Crippen LogP contribution in [0.15, 0.2) is 35.4 Å². The van der Waals surface area contributed by atoms with E-state index in [0.29, 0.717) is 16.5 Å². The zero-order valence-corrected chi connectivity index (χ0v) is 13.5. The van der Waals surface area contributed by atoms with Gasteiger partial charge in [0.05, 0.1) is 17.3 Å². The zero-order chi connectivity index (χ0) is 17.6. The van der Waals surface area contributed by atoms with Crippen LogP contribution in [-0.4, -0.2) is 29.6 Å². The number of sulfonamides is 1. The summed E-state index contributed by atoms with van der Waals surface area (Å²) in [6.45, 7) is 0. The quantitative estimate of drug-likeness (QED) is 0.551. The van der Waals surface area contributed by atoms with Gasteiger partial charge >= 0.3 is 0 Å². The van der Waals surface area contributed by atoms with E-state index in [4.69, 9.17) is 22.5 Å². The molecule has 0 fully saturated rings. The molecule has 3 rings (SSSR count). The second-order valence-corrected chi connectivity index (χ2v) is 6.89. The number of carbonyl (C=O) groups excluding carboxylic acids is 1. The highest BCUT2D eigenvalue weighted by molar-refractivity contribution is 7.89. The van der Waals surface area contributed by atoms with Gasteiger partial charge in [-0.2, -0.15) is 5.10 Å². The summed E-state index contributed by atoms with van der Waals surface area (Å²) in [5, 5.41) is 21.9. The minimum atomic E-state index is -4.30. The molecule has 0 radical (unpaired) electrons. The maximum absolute atomic E-state index is 12.0. The van der Waals surface area contributed by atoms with Gasteiger partial charge in [-0.1, -0.05) is 23.7 Å². The highest BCUT2D eigenvalue weighted by Crippen LogP contribution is 2.42. The molecular weight excluding hydrogens is 356 g/mol. The van der Waals surface area contributed by atoms with Gasteiger partial charge in [0.2, 0.25) is 10.0 Å². The van der Waals surface area contributed by atoms with Crippen LogP contribution in [0.3, 0.4) is 0 Å². The minimum Gasteiger partial charge on any atom is -0.505 e. The molecule has 6 N–H and O–H groups in total. The zero-order valence-electron chi connectivity index (χ0n) is 11.9. The average molecular weight is 367 g/mol. The van der Waals surface area contributed by atoms with E-state index in [1.807, 2.05) is 0 Å². The molecule has 0 bridgehead atoms. The average Bonchev–Trinajstić information content (AvgIpc) is 2.96. The third kappa shape index (κ3) is 2.48. The molecule has 0 spiro atoms. The number of primary amides is 1. The van der Waals surface area contributed by atoms with Crippen LogP contribution in [-0.2, 0) is 10.0 Å². The number of aromatic nitrogens is 2. The van der Waals surface area contributed by atoms with Gasteiger partial charge in [-0.05, 0) is 17.7 Å². The second-order valence-electron chi connectivity index (χ2n) is 5.01. The number of halogens is 1. The molecule has 2 aromatic carbocycles. The Balaban J connectivity index is 2.51. The maximum Gasteiger partial charge on any atom is 0.252 e. The smallest absolute Gasteiger partial charge is 0.252 e. The molecule has 0 saturated heterocycles. The first kappa shape index (κ1) is 16.2. The number of hydrogen-bond acceptors (Lipinski definition) is 5. The largest absolute Gasteiger partial charge is 0.505 e. The van der Waals surface area contributed by atoms with Crippen molar-refractivity contribution < 1.29 is 18.3 Å². The van der Waals surface area contributed by atoms with Gasteiger partial charge in [-0.3, -0.25) is 9.89 Å². The molecule has 3 aromatic rings. The van der Waals surface area contributed by atoms with E-state index in [0.717, 1.165) is 6.07 Å². The standard InChI is InChI=1S/C14H11ClN4O4S/c15-11-12(20)8(14(16)21)4-7(13(11)24(17,22)23)6-2-1-3-10-9(6)5-18-19-10/h1-5,20H,(H2,16,21)(H,18,19)(H2,17,22,23). The van der Waals surface area contributed by atoms with Crippen molar-refractivity contribution in [3.8, 4) is 16.9 Å². The Bertz CT molecular complexity index is 1090. The van der Waals surface area contributed by atoms with Crippen LogP contribution < -0.4 is 10.9 Å². The Morgan fingerprint density at radius 1 is 1.29 bits per heavy atom. The number of benzene rings is 2. The van der Waals surface area contributed by atoms with Gasteiger partial charge in [0, 0.05) is 10.9 Å². The number of nitrogens with two attached hydrogens (primary N) is 2. The van der Waals surface area contributed by atoms with Crippen LogP contribution in [0.5, 0.6) is 5.75 Å². The number of aromatic hydroxyl groups is 1. The summed E-state index contributed by atoms with van der Waals surface area (Å²) >= 11 is 5.97. The van der Waals surface area contributed by atoms with E-state index in [2.05, 4.69) is 10.2 Å². The van der Waals surface area contributed by atoms with Crippen molar-refractivity contribution in [2.45, 2.75) is 4.90 Å². The summed E-state index contributed by atoms with van der Waals surface area (Å²) in [7, 11) is -4.30. The predicted octanol–water partition coefficient (Wildman–Crippen LogP) is 1.34. The van der Waals surface area contributed by atoms with Crippen LogP contribution in [0.1, 0.15) is 10.4 Å². The van der Waals surface area contributed by atoms with Crippen LogP contribution in [0.2, 0.25) is 5.02 Å². The summed E-state index contributed by atoms with van der Waals surface area (Å²) in [5.74, 6) is -1.70. The molecule has 0 saturated carbocycles. The molecular formula is C14H11ClN4O4S. The lowest BCUT2D eigenvalue weighted by Gasteiger charge is -2.14. The topological polar surface area (TPSA) is 152 Å². The lowest BCUT2D eigenvalue weighted by Crippen LogP contribution is -2.17. The van der Waals surface area contributed by atoms with E-state index in [-0.39, 0.29) is 11.1 Å². The van der Waals surface area contributed by atoms with Crippen molar-refractivity contribution in [2.75, 3.05) is 0 Å². The van der Waals surface area contributed by atoms with E-state index < -0.39 is 31.6 Å². The fraction of sp³-hybridized carbons (Fsp3) is 0. The van der Waals surface area contributed by atoms with E-state index in [1.165, 1.54) is 6.20 Å². The molecule has 1 aromatic heterocycles. The fourth-order valence-electron chi connectivity index (χ4n) is 2.49. The Labute approximate surface area is 141 Å². The molecule has 0 aliphatic heterocycles. The maximum atomic E-state index is 12.0. The number of H-pyrrole nitrogens is 1. The van der Waals surface area contributed by atoms with E-state index >= 15 is 0 Å². The number of nitrogens with zero attached hydrogens (tertiary/aromatic N) is 1. The first-order valence-electron chi connectivity index (χ1n) is 6.52. The molecule has 0 unspecified atom stereocenters. The normalized spacial score (nSPS) is 11.8. The molecule has 1 amide bonds. The predicted molar refractivity (Wildman–Crippen MR) is 88.1 cm³/mol. The van der Waals surface area contributed by atoms with Crippen LogP contribution >= 0.6 is 11.6 Å². The Morgan fingerprint density at radius 3 is 2.62 bits per heavy atom. The highest BCUT2D eigenvalue weighted by Gasteiger charge is 2.27. The monoisotopic (exact) mass is 366 g/mol. The number of aromatic amines is 1. The van der Waals surface area contributed by atoms with Crippen molar-refractivity contribution in [3.05, 3.63) is 41.0 Å². The van der Waals surface area contributed by atoms with Gasteiger partial charge in [0.25, 0.3) is 5.91 Å². The molecule has 0 atom stereocenters. The summed E-state index contributed by atoms with van der Waals surface area (Å²) in [6.07, 6.45) is 1.49. The first-order chi connectivity index (χ1) is 11.2. The number of fused-ring (bicyclic) bond motifs is 1. The van der Waals surface area contributed by atoms with E-state index in [9.17, 15) is 18.3 Å². The summed E-state index contributed by atoms with van der Waals surface area (Å²) in [6, 6.07) is 6.15. The number of amides is 1. The second kappa shape index (κ2) is 5.48. The SMILES string of the molecule is NC(=O)c1cc(-c2cccc3[nH]ncc23)c(S(N)(=O)=O)c(Cl)c1O. The van der Waals surface area contributed by atoms with Crippen LogP contribution in [0, 0.1) is 0 Å². The molecule has 0 aliphatic rings. The molecule has 24 heavy (non-hydrogen) atoms. The number of rotatable bonds is 3. The summed E-state index contributed by atoms with van der Waals surface area (Å²) < 4.78 is 24.0. The summed E-state index contributed by atoms with van der Waals surface area (Å²) in [5.41, 5.74) is 6.00. The highest BCUT2D eigenvalue weighted by atomic mass is 35.5. The molecule has 10 heteroatoms. The number of phenols is 1. The van der Waals surface area contributed by atoms with Crippen LogP contribution in [0.25, 0.3) is 22.0 Å². The fourth-order valence-corrected chi connectivity index (χ4v) is 3.84. The van der Waals surface area contributed by atoms with Gasteiger partial charge in [-0.25, -0.2) is 13.6 Å². The molecule has 124 valence electrons. The third-order valence-electron chi connectivity index (χ3n) is 3.52. The van der Waals surface area contributed by atoms with Crippen molar-refractivity contribution >= 4 is 38.4 Å². The molecule has 1 heterocycles. The summed E-state index contributed by atoms with van der Waals surface area (Å²) in [4.78, 5) is 11.0. The number of hydrogen-bond donors (Lipinski definition) is 4. The van der Waals surface area contributed by atoms with Gasteiger partial charge in [0.15, 0.2) is 0 Å².